The molecule has 0 aliphatic carbocycles. The summed E-state index contributed by atoms with van der Waals surface area (Å²) in [5, 5.41) is 7.86. The highest BCUT2D eigenvalue weighted by Crippen LogP contribution is 2.26. The van der Waals surface area contributed by atoms with Crippen LogP contribution in [0.15, 0.2) is 27.3 Å². The zero-order valence-electron chi connectivity index (χ0n) is 10.9. The Hall–Kier alpha value is -1.07. The summed E-state index contributed by atoms with van der Waals surface area (Å²) in [5.41, 5.74) is 2.19. The van der Waals surface area contributed by atoms with E-state index < -0.39 is 0 Å². The smallest absolute Gasteiger partial charge is 0.121 e. The summed E-state index contributed by atoms with van der Waals surface area (Å²) in [6, 6.07) is 4.10. The maximum Gasteiger partial charge on any atom is 0.121 e. The second kappa shape index (κ2) is 5.71. The average molecular weight is 312 g/mol. The summed E-state index contributed by atoms with van der Waals surface area (Å²) >= 11 is 3.60. The van der Waals surface area contributed by atoms with Crippen LogP contribution in [0.3, 0.4) is 0 Å². The number of nitrogens with zero attached hydrogens (tertiary/aromatic N) is 2. The molecule has 0 amide bonds. The van der Waals surface area contributed by atoms with Crippen LogP contribution in [0.2, 0.25) is 0 Å². The largest absolute Gasteiger partial charge is 0.468 e. The number of halogens is 1. The van der Waals surface area contributed by atoms with Crippen molar-refractivity contribution in [3.63, 3.8) is 0 Å². The molecule has 2 aromatic rings. The first-order chi connectivity index (χ1) is 8.63. The molecule has 5 heteroatoms. The van der Waals surface area contributed by atoms with Crippen LogP contribution in [-0.4, -0.2) is 16.3 Å². The number of hydrogen-bond acceptors (Lipinski definition) is 3. The van der Waals surface area contributed by atoms with Gasteiger partial charge in [0.1, 0.15) is 5.76 Å². The second-order valence-corrected chi connectivity index (χ2v) is 5.09. The van der Waals surface area contributed by atoms with Gasteiger partial charge in [0.2, 0.25) is 0 Å². The van der Waals surface area contributed by atoms with Crippen LogP contribution >= 0.6 is 15.9 Å². The van der Waals surface area contributed by atoms with E-state index in [0.29, 0.717) is 0 Å². The zero-order valence-corrected chi connectivity index (χ0v) is 12.5. The van der Waals surface area contributed by atoms with Crippen molar-refractivity contribution in [3.05, 3.63) is 40.0 Å². The van der Waals surface area contributed by atoms with E-state index >= 15 is 0 Å². The highest BCUT2D eigenvalue weighted by molar-refractivity contribution is 9.10. The number of hydrogen-bond donors (Lipinski definition) is 1. The quantitative estimate of drug-likeness (QED) is 0.923. The Morgan fingerprint density at radius 1 is 1.56 bits per heavy atom. The van der Waals surface area contributed by atoms with Crippen molar-refractivity contribution in [3.8, 4) is 0 Å². The van der Waals surface area contributed by atoms with Gasteiger partial charge in [-0.15, -0.1) is 0 Å². The van der Waals surface area contributed by atoms with Gasteiger partial charge in [0.05, 0.1) is 28.2 Å². The minimum atomic E-state index is 0.177. The number of aromatic nitrogens is 2. The first kappa shape index (κ1) is 13.4. The molecular weight excluding hydrogens is 294 g/mol. The summed E-state index contributed by atoms with van der Waals surface area (Å²) in [4.78, 5) is 0. The van der Waals surface area contributed by atoms with E-state index in [1.54, 1.807) is 6.26 Å². The lowest BCUT2D eigenvalue weighted by Crippen LogP contribution is -2.23. The Morgan fingerprint density at radius 2 is 2.33 bits per heavy atom. The Bertz CT molecular complexity index is 505. The third-order valence-electron chi connectivity index (χ3n) is 3.00. The van der Waals surface area contributed by atoms with Crippen LogP contribution in [0, 0.1) is 6.92 Å². The van der Waals surface area contributed by atoms with Crippen LogP contribution in [0.5, 0.6) is 0 Å². The minimum Gasteiger partial charge on any atom is -0.468 e. The average Bonchev–Trinajstić information content (AvgIpc) is 2.93. The standard InChI is InChI=1S/C13H18BrN3O/c1-4-15-10(12-6-5-7-18-12)8-11-13(14)9(2)16-17(11)3/h5-7,10,15H,4,8H2,1-3H3. The topological polar surface area (TPSA) is 43.0 Å². The number of likely N-dealkylation sites (N-methyl/N-ethyl adjacent to an activating group) is 1. The van der Waals surface area contributed by atoms with Gasteiger partial charge in [-0.05, 0) is 41.5 Å². The third kappa shape index (κ3) is 2.67. The Morgan fingerprint density at radius 3 is 2.83 bits per heavy atom. The summed E-state index contributed by atoms with van der Waals surface area (Å²) in [6.07, 6.45) is 2.56. The zero-order chi connectivity index (χ0) is 13.1. The molecule has 2 rings (SSSR count). The van der Waals surface area contributed by atoms with Crippen LogP contribution in [0.25, 0.3) is 0 Å². The molecule has 1 unspecified atom stereocenters. The van der Waals surface area contributed by atoms with Crippen molar-refractivity contribution >= 4 is 15.9 Å². The minimum absolute atomic E-state index is 0.177. The molecule has 1 N–H and O–H groups in total. The predicted molar refractivity (Wildman–Crippen MR) is 74.5 cm³/mol. The van der Waals surface area contributed by atoms with Gasteiger partial charge in [-0.25, -0.2) is 0 Å². The molecule has 18 heavy (non-hydrogen) atoms. The van der Waals surface area contributed by atoms with Crippen LogP contribution in [0.1, 0.15) is 30.1 Å². The molecule has 0 fully saturated rings. The van der Waals surface area contributed by atoms with Gasteiger partial charge in [-0.2, -0.15) is 5.10 Å². The van der Waals surface area contributed by atoms with Crippen molar-refractivity contribution in [2.45, 2.75) is 26.3 Å². The molecule has 0 spiro atoms. The molecule has 0 aromatic carbocycles. The molecule has 0 radical (unpaired) electrons. The normalized spacial score (nSPS) is 12.9. The van der Waals surface area contributed by atoms with E-state index in [-0.39, 0.29) is 6.04 Å². The van der Waals surface area contributed by atoms with E-state index in [9.17, 15) is 0 Å². The number of furan rings is 1. The molecule has 1 atom stereocenters. The molecule has 2 heterocycles. The van der Waals surface area contributed by atoms with Crippen molar-refractivity contribution in [2.75, 3.05) is 6.54 Å². The number of rotatable bonds is 5. The molecule has 0 saturated heterocycles. The molecule has 2 aromatic heterocycles. The van der Waals surface area contributed by atoms with E-state index in [4.69, 9.17) is 4.42 Å². The Balaban J connectivity index is 2.24. The maximum atomic E-state index is 5.50. The van der Waals surface area contributed by atoms with Gasteiger partial charge in [0.25, 0.3) is 0 Å². The van der Waals surface area contributed by atoms with Gasteiger partial charge in [0, 0.05) is 13.5 Å². The van der Waals surface area contributed by atoms with Gasteiger partial charge in [-0.3, -0.25) is 4.68 Å². The number of aryl methyl sites for hydroxylation is 2. The molecule has 98 valence electrons. The molecule has 0 aliphatic heterocycles. The van der Waals surface area contributed by atoms with Crippen molar-refractivity contribution in [2.24, 2.45) is 7.05 Å². The van der Waals surface area contributed by atoms with E-state index in [0.717, 1.165) is 28.9 Å². The summed E-state index contributed by atoms with van der Waals surface area (Å²) in [5.74, 6) is 0.961. The Kier molecular flexibility index (Phi) is 4.24. The highest BCUT2D eigenvalue weighted by Gasteiger charge is 2.19. The number of nitrogens with one attached hydrogen (secondary N) is 1. The Labute approximate surface area is 115 Å². The predicted octanol–water partition coefficient (Wildman–Crippen LogP) is 2.98. The van der Waals surface area contributed by atoms with Gasteiger partial charge in [-0.1, -0.05) is 6.92 Å². The second-order valence-electron chi connectivity index (χ2n) is 4.30. The van der Waals surface area contributed by atoms with Gasteiger partial charge in [0.15, 0.2) is 0 Å². The van der Waals surface area contributed by atoms with Crippen LogP contribution in [0.4, 0.5) is 0 Å². The first-order valence-corrected chi connectivity index (χ1v) is 6.87. The van der Waals surface area contributed by atoms with Crippen molar-refractivity contribution in [1.82, 2.24) is 15.1 Å². The fourth-order valence-electron chi connectivity index (χ4n) is 2.10. The van der Waals surface area contributed by atoms with Crippen molar-refractivity contribution < 1.29 is 4.42 Å². The van der Waals surface area contributed by atoms with Crippen LogP contribution < -0.4 is 5.32 Å². The molecule has 0 saturated carbocycles. The fraction of sp³-hybridized carbons (Fsp3) is 0.462. The lowest BCUT2D eigenvalue weighted by Gasteiger charge is -2.15. The fourth-order valence-corrected chi connectivity index (χ4v) is 2.60. The maximum absolute atomic E-state index is 5.50. The lowest BCUT2D eigenvalue weighted by atomic mass is 10.1. The summed E-state index contributed by atoms with van der Waals surface area (Å²) in [6.45, 7) is 5.00. The van der Waals surface area contributed by atoms with E-state index in [1.165, 1.54) is 5.69 Å². The molecule has 0 bridgehead atoms. The van der Waals surface area contributed by atoms with Crippen LogP contribution in [-0.2, 0) is 13.5 Å². The van der Waals surface area contributed by atoms with E-state index in [2.05, 4.69) is 33.3 Å². The van der Waals surface area contributed by atoms with Crippen molar-refractivity contribution in [1.29, 1.82) is 0 Å². The SMILES string of the molecule is CCNC(Cc1c(Br)c(C)nn1C)c1ccco1. The molecule has 0 aliphatic rings. The highest BCUT2D eigenvalue weighted by atomic mass is 79.9. The van der Waals surface area contributed by atoms with Gasteiger partial charge >= 0.3 is 0 Å². The third-order valence-corrected chi connectivity index (χ3v) is 4.03. The lowest BCUT2D eigenvalue weighted by molar-refractivity contribution is 0.410. The summed E-state index contributed by atoms with van der Waals surface area (Å²) in [7, 11) is 1.97. The van der Waals surface area contributed by atoms with Gasteiger partial charge < -0.3 is 9.73 Å². The first-order valence-electron chi connectivity index (χ1n) is 6.08. The molecular formula is C13H18BrN3O. The molecule has 4 nitrogen and oxygen atoms in total. The summed E-state index contributed by atoms with van der Waals surface area (Å²) < 4.78 is 8.51. The van der Waals surface area contributed by atoms with E-state index in [1.807, 2.05) is 30.8 Å². The monoisotopic (exact) mass is 311 g/mol.